The zero-order valence-corrected chi connectivity index (χ0v) is 18.0. The Morgan fingerprint density at radius 3 is 2.57 bits per heavy atom. The van der Waals surface area contributed by atoms with Crippen LogP contribution in [-0.2, 0) is 4.79 Å². The van der Waals surface area contributed by atoms with E-state index in [9.17, 15) is 14.4 Å². The molecule has 0 atom stereocenters. The highest BCUT2D eigenvalue weighted by atomic mass is 79.9. The number of carbonyl (C=O) groups excluding carboxylic acids is 2. The number of hydrogen-bond donors (Lipinski definition) is 2. The number of ketones is 1. The molecule has 1 aliphatic heterocycles. The number of anilines is 1. The molecule has 0 bridgehead atoms. The number of piperidine rings is 1. The zero-order valence-electron chi connectivity index (χ0n) is 16.4. The number of carbonyl (C=O) groups is 2. The molecule has 156 valence electrons. The number of amides is 1. The summed E-state index contributed by atoms with van der Waals surface area (Å²) in [5.74, 6) is -0.105. The lowest BCUT2D eigenvalue weighted by Gasteiger charge is -2.32. The highest BCUT2D eigenvalue weighted by Crippen LogP contribution is 2.26. The highest BCUT2D eigenvalue weighted by molar-refractivity contribution is 9.10. The quantitative estimate of drug-likeness (QED) is 0.439. The number of fused-ring (bicyclic) bond motifs is 1. The van der Waals surface area contributed by atoms with E-state index < -0.39 is 0 Å². The van der Waals surface area contributed by atoms with Gasteiger partial charge in [-0.2, -0.15) is 0 Å². The fourth-order valence-electron chi connectivity index (χ4n) is 4.03. The molecule has 0 unspecified atom stereocenters. The summed E-state index contributed by atoms with van der Waals surface area (Å²) in [5.41, 5.74) is 8.48. The molecule has 0 aliphatic carbocycles. The van der Waals surface area contributed by atoms with Crippen molar-refractivity contribution in [3.63, 3.8) is 0 Å². The summed E-state index contributed by atoms with van der Waals surface area (Å²) in [6.07, 6.45) is 1.77. The molecule has 4 rings (SSSR count). The minimum atomic E-state index is -0.110. The van der Waals surface area contributed by atoms with Crippen molar-refractivity contribution in [2.24, 2.45) is 0 Å². The molecule has 0 spiro atoms. The molecule has 1 fully saturated rings. The van der Waals surface area contributed by atoms with Crippen LogP contribution in [0.1, 0.15) is 42.1 Å². The van der Waals surface area contributed by atoms with E-state index >= 15 is 0 Å². The van der Waals surface area contributed by atoms with E-state index in [1.165, 1.54) is 0 Å². The molecular weight excluding hydrogens is 448 g/mol. The van der Waals surface area contributed by atoms with Gasteiger partial charge in [-0.1, -0.05) is 12.1 Å². The smallest absolute Gasteiger partial charge is 0.326 e. The summed E-state index contributed by atoms with van der Waals surface area (Å²) >= 11 is 3.32. The van der Waals surface area contributed by atoms with Crippen LogP contribution in [0.4, 0.5) is 5.69 Å². The summed E-state index contributed by atoms with van der Waals surface area (Å²) in [7, 11) is 0. The third kappa shape index (κ3) is 4.05. The third-order valence-corrected chi connectivity index (χ3v) is 6.38. The Balaban J connectivity index is 1.34. The van der Waals surface area contributed by atoms with Crippen LogP contribution >= 0.6 is 15.9 Å². The minimum absolute atomic E-state index is 0.0254. The standard InChI is InChI=1S/C22H23BrN4O3/c23-16-13-14(5-6-17(16)24)20(28)7-8-21(29)26-11-9-15(10-12-26)27-19-4-2-1-3-18(19)25-22(27)30/h1-6,13,15H,7-12,24H2,(H,25,30). The van der Waals surface area contributed by atoms with Crippen LogP contribution < -0.4 is 11.4 Å². The van der Waals surface area contributed by atoms with Gasteiger partial charge in [0.05, 0.1) is 11.0 Å². The van der Waals surface area contributed by atoms with E-state index in [0.29, 0.717) is 41.7 Å². The summed E-state index contributed by atoms with van der Waals surface area (Å²) < 4.78 is 2.48. The van der Waals surface area contributed by atoms with Gasteiger partial charge >= 0.3 is 5.69 Å². The second-order valence-corrected chi connectivity index (χ2v) is 8.44. The molecular formula is C22H23BrN4O3. The number of rotatable bonds is 5. The normalized spacial score (nSPS) is 14.9. The number of nitrogen functional groups attached to an aromatic ring is 1. The summed E-state index contributed by atoms with van der Waals surface area (Å²) in [4.78, 5) is 42.1. The Kier molecular flexibility index (Phi) is 5.76. The molecule has 1 saturated heterocycles. The van der Waals surface area contributed by atoms with Crippen molar-refractivity contribution in [3.05, 3.63) is 63.0 Å². The molecule has 2 aromatic carbocycles. The molecule has 30 heavy (non-hydrogen) atoms. The maximum Gasteiger partial charge on any atom is 0.326 e. The summed E-state index contributed by atoms with van der Waals surface area (Å²) in [6, 6.07) is 12.7. The Morgan fingerprint density at radius 2 is 1.83 bits per heavy atom. The molecule has 3 aromatic rings. The first-order chi connectivity index (χ1) is 14.4. The Bertz CT molecular complexity index is 1160. The number of aromatic amines is 1. The Hall–Kier alpha value is -2.87. The van der Waals surface area contributed by atoms with E-state index in [1.807, 2.05) is 24.3 Å². The number of aromatic nitrogens is 2. The molecule has 2 heterocycles. The topological polar surface area (TPSA) is 101 Å². The third-order valence-electron chi connectivity index (χ3n) is 5.69. The molecule has 0 saturated carbocycles. The van der Waals surface area contributed by atoms with E-state index in [1.54, 1.807) is 27.7 Å². The van der Waals surface area contributed by atoms with Gasteiger partial charge in [0, 0.05) is 47.7 Å². The van der Waals surface area contributed by atoms with Gasteiger partial charge in [0.25, 0.3) is 0 Å². The van der Waals surface area contributed by atoms with Crippen LogP contribution in [0.5, 0.6) is 0 Å². The van der Waals surface area contributed by atoms with Crippen molar-refractivity contribution in [1.82, 2.24) is 14.5 Å². The fourth-order valence-corrected chi connectivity index (χ4v) is 4.41. The van der Waals surface area contributed by atoms with Gasteiger partial charge in [-0.05, 0) is 59.1 Å². The average molecular weight is 471 g/mol. The molecule has 0 radical (unpaired) electrons. The van der Waals surface area contributed by atoms with E-state index in [4.69, 9.17) is 5.73 Å². The predicted octanol–water partition coefficient (Wildman–Crippen LogP) is 3.50. The summed E-state index contributed by atoms with van der Waals surface area (Å²) in [6.45, 7) is 1.16. The molecule has 1 aromatic heterocycles. The van der Waals surface area contributed by atoms with Crippen LogP contribution in [0.3, 0.4) is 0 Å². The number of nitrogens with two attached hydrogens (primary N) is 1. The van der Waals surface area contributed by atoms with Gasteiger partial charge in [-0.25, -0.2) is 4.79 Å². The van der Waals surface area contributed by atoms with Crippen LogP contribution in [0.2, 0.25) is 0 Å². The number of imidazole rings is 1. The number of para-hydroxylation sites is 2. The van der Waals surface area contributed by atoms with Crippen molar-refractivity contribution in [3.8, 4) is 0 Å². The van der Waals surface area contributed by atoms with Crippen molar-refractivity contribution >= 4 is 44.3 Å². The number of Topliss-reactive ketones (excluding diaryl/α,β-unsaturated/α-hetero) is 1. The SMILES string of the molecule is Nc1ccc(C(=O)CCC(=O)N2CCC(n3c(=O)[nH]c4ccccc43)CC2)cc1Br. The number of hydrogen-bond acceptors (Lipinski definition) is 4. The van der Waals surface area contributed by atoms with Gasteiger partial charge in [0.1, 0.15) is 0 Å². The van der Waals surface area contributed by atoms with Crippen LogP contribution in [0.15, 0.2) is 51.7 Å². The van der Waals surface area contributed by atoms with E-state index in [0.717, 1.165) is 11.0 Å². The van der Waals surface area contributed by atoms with Crippen LogP contribution in [0.25, 0.3) is 11.0 Å². The van der Waals surface area contributed by atoms with Gasteiger partial charge in [-0.15, -0.1) is 0 Å². The number of benzene rings is 2. The lowest BCUT2D eigenvalue weighted by atomic mass is 10.0. The maximum absolute atomic E-state index is 12.6. The molecule has 7 nitrogen and oxygen atoms in total. The predicted molar refractivity (Wildman–Crippen MR) is 120 cm³/mol. The van der Waals surface area contributed by atoms with Crippen molar-refractivity contribution in [1.29, 1.82) is 0 Å². The monoisotopic (exact) mass is 470 g/mol. The number of halogens is 1. The fraction of sp³-hybridized carbons (Fsp3) is 0.318. The lowest BCUT2D eigenvalue weighted by molar-refractivity contribution is -0.132. The van der Waals surface area contributed by atoms with Gasteiger partial charge < -0.3 is 15.6 Å². The average Bonchev–Trinajstić information content (AvgIpc) is 3.09. The summed E-state index contributed by atoms with van der Waals surface area (Å²) in [5, 5.41) is 0. The van der Waals surface area contributed by atoms with Crippen molar-refractivity contribution in [2.45, 2.75) is 31.7 Å². The zero-order chi connectivity index (χ0) is 21.3. The number of nitrogens with zero attached hydrogens (tertiary/aromatic N) is 2. The minimum Gasteiger partial charge on any atom is -0.398 e. The van der Waals surface area contributed by atoms with Gasteiger partial charge in [0.2, 0.25) is 5.91 Å². The number of likely N-dealkylation sites (tertiary alicyclic amines) is 1. The second kappa shape index (κ2) is 8.47. The number of H-pyrrole nitrogens is 1. The molecule has 1 aliphatic rings. The van der Waals surface area contributed by atoms with E-state index in [2.05, 4.69) is 20.9 Å². The molecule has 3 N–H and O–H groups in total. The Labute approximate surface area is 182 Å². The van der Waals surface area contributed by atoms with Crippen molar-refractivity contribution < 1.29 is 9.59 Å². The first-order valence-electron chi connectivity index (χ1n) is 9.99. The largest absolute Gasteiger partial charge is 0.398 e. The van der Waals surface area contributed by atoms with Crippen LogP contribution in [-0.4, -0.2) is 39.2 Å². The highest BCUT2D eigenvalue weighted by Gasteiger charge is 2.26. The first-order valence-corrected chi connectivity index (χ1v) is 10.8. The van der Waals surface area contributed by atoms with E-state index in [-0.39, 0.29) is 36.3 Å². The number of nitrogens with one attached hydrogen (secondary N) is 1. The van der Waals surface area contributed by atoms with Crippen molar-refractivity contribution in [2.75, 3.05) is 18.8 Å². The van der Waals surface area contributed by atoms with Crippen LogP contribution in [0, 0.1) is 0 Å². The van der Waals surface area contributed by atoms with Gasteiger partial charge in [-0.3, -0.25) is 14.2 Å². The molecule has 8 heteroatoms. The Morgan fingerprint density at radius 1 is 1.10 bits per heavy atom. The molecule has 1 amide bonds. The second-order valence-electron chi connectivity index (χ2n) is 7.59. The first kappa shape index (κ1) is 20.4. The van der Waals surface area contributed by atoms with Gasteiger partial charge in [0.15, 0.2) is 5.78 Å². The lowest BCUT2D eigenvalue weighted by Crippen LogP contribution is -2.40. The maximum atomic E-state index is 12.6.